The first-order chi connectivity index (χ1) is 19.4. The van der Waals surface area contributed by atoms with E-state index in [9.17, 15) is 29.4 Å². The minimum atomic E-state index is -1.90. The molecular weight excluding hydrogens is 571 g/mol. The van der Waals surface area contributed by atoms with E-state index in [4.69, 9.17) is 27.9 Å². The summed E-state index contributed by atoms with van der Waals surface area (Å²) in [6.07, 6.45) is 2.46. The molecule has 0 radical (unpaired) electrons. The Bertz CT molecular complexity index is 1530. The zero-order chi connectivity index (χ0) is 29.4. The van der Waals surface area contributed by atoms with Gasteiger partial charge in [0.25, 0.3) is 11.8 Å². The highest BCUT2D eigenvalue weighted by atomic mass is 35.5. The number of nitrogens with zero attached hydrogens (tertiary/aromatic N) is 2. The van der Waals surface area contributed by atoms with E-state index >= 15 is 0 Å². The molecule has 4 amide bonds. The SMILES string of the molecule is COc1cc(C2C3=CCC4C(=O)N(CCc5ccc(O)cc5)C(=O)C4C3CC3(Cl)C(=O)N(C)C(=O)C23Cl)ccc1O. The number of carbonyl (C=O) groups excluding carboxylic acids is 4. The Morgan fingerprint density at radius 2 is 1.68 bits per heavy atom. The smallest absolute Gasteiger partial charge is 0.253 e. The van der Waals surface area contributed by atoms with Crippen molar-refractivity contribution in [3.63, 3.8) is 0 Å². The number of amides is 4. The highest BCUT2D eigenvalue weighted by Crippen LogP contribution is 2.65. The Hall–Kier alpha value is -3.56. The van der Waals surface area contributed by atoms with E-state index in [2.05, 4.69) is 0 Å². The molecule has 4 aliphatic rings. The summed E-state index contributed by atoms with van der Waals surface area (Å²) >= 11 is 14.3. The number of rotatable bonds is 5. The quantitative estimate of drug-likeness (QED) is 0.307. The summed E-state index contributed by atoms with van der Waals surface area (Å²) in [6.45, 7) is 0.168. The van der Waals surface area contributed by atoms with Crippen molar-refractivity contribution in [2.24, 2.45) is 17.8 Å². The molecule has 9 nitrogen and oxygen atoms in total. The van der Waals surface area contributed by atoms with Crippen LogP contribution in [0.25, 0.3) is 0 Å². The maximum absolute atomic E-state index is 13.9. The van der Waals surface area contributed by atoms with Crippen LogP contribution in [-0.2, 0) is 25.6 Å². The minimum Gasteiger partial charge on any atom is -0.508 e. The molecule has 214 valence electrons. The van der Waals surface area contributed by atoms with E-state index in [1.54, 1.807) is 36.4 Å². The second kappa shape index (κ2) is 9.49. The first-order valence-electron chi connectivity index (χ1n) is 13.3. The Morgan fingerprint density at radius 1 is 0.976 bits per heavy atom. The number of allylic oxidation sites excluding steroid dienone is 2. The Labute approximate surface area is 246 Å². The zero-order valence-corrected chi connectivity index (χ0v) is 23.9. The lowest BCUT2D eigenvalue weighted by Gasteiger charge is -2.50. The fraction of sp³-hybridized carbons (Fsp3) is 0.400. The van der Waals surface area contributed by atoms with Crippen LogP contribution in [0.1, 0.15) is 29.9 Å². The normalized spacial score (nSPS) is 32.5. The third kappa shape index (κ3) is 3.74. The van der Waals surface area contributed by atoms with Crippen molar-refractivity contribution in [3.05, 3.63) is 65.2 Å². The number of phenols is 2. The van der Waals surface area contributed by atoms with Gasteiger partial charge < -0.3 is 14.9 Å². The number of likely N-dealkylation sites (tertiary alicyclic amines) is 2. The van der Waals surface area contributed by atoms with Crippen LogP contribution in [-0.4, -0.2) is 74.1 Å². The summed E-state index contributed by atoms with van der Waals surface area (Å²) in [4.78, 5) is 53.0. The van der Waals surface area contributed by atoms with Gasteiger partial charge in [-0.3, -0.25) is 29.0 Å². The minimum absolute atomic E-state index is 0.0868. The molecule has 2 N–H and O–H groups in total. The molecule has 2 saturated heterocycles. The number of carbonyl (C=O) groups is 4. The van der Waals surface area contributed by atoms with Crippen LogP contribution in [0.2, 0.25) is 0 Å². The van der Waals surface area contributed by atoms with E-state index < -0.39 is 45.2 Å². The van der Waals surface area contributed by atoms with Crippen molar-refractivity contribution in [1.82, 2.24) is 9.80 Å². The Kier molecular flexibility index (Phi) is 6.39. The molecule has 2 aromatic rings. The number of methoxy groups -OCH3 is 1. The van der Waals surface area contributed by atoms with E-state index in [-0.39, 0.29) is 48.4 Å². The standard InChI is InChI=1S/C30H28Cl2N2O7/c1-33-27(39)29(31)14-20-18(24(30(29,32)28(33)40)16-5-10-21(36)22(13-16)41-2)8-9-19-23(20)26(38)34(25(19)37)12-11-15-3-6-17(35)7-4-15/h3-8,10,13,19-20,23-24,35-36H,9,11-12,14H2,1-2H3. The summed E-state index contributed by atoms with van der Waals surface area (Å²) < 4.78 is 5.31. The van der Waals surface area contributed by atoms with Crippen LogP contribution < -0.4 is 4.74 Å². The molecule has 11 heteroatoms. The van der Waals surface area contributed by atoms with Crippen LogP contribution in [0.15, 0.2) is 54.1 Å². The predicted octanol–water partition coefficient (Wildman–Crippen LogP) is 3.34. The van der Waals surface area contributed by atoms with Gasteiger partial charge in [-0.25, -0.2) is 0 Å². The number of hydrogen-bond donors (Lipinski definition) is 2. The number of hydrogen-bond acceptors (Lipinski definition) is 7. The van der Waals surface area contributed by atoms with E-state index in [0.29, 0.717) is 17.6 Å². The molecule has 6 atom stereocenters. The van der Waals surface area contributed by atoms with Gasteiger partial charge in [-0.05, 0) is 60.6 Å². The van der Waals surface area contributed by atoms with Crippen LogP contribution in [0.3, 0.4) is 0 Å². The third-order valence-electron chi connectivity index (χ3n) is 9.20. The van der Waals surface area contributed by atoms with Gasteiger partial charge in [-0.1, -0.05) is 29.8 Å². The largest absolute Gasteiger partial charge is 0.508 e. The number of benzene rings is 2. The number of imide groups is 2. The molecule has 2 aliphatic heterocycles. The molecule has 2 aliphatic carbocycles. The number of halogens is 2. The molecule has 2 heterocycles. The highest BCUT2D eigenvalue weighted by molar-refractivity contribution is 6.53. The third-order valence-corrected chi connectivity index (χ3v) is 10.6. The molecule has 0 spiro atoms. The van der Waals surface area contributed by atoms with Crippen LogP contribution >= 0.6 is 23.2 Å². The second-order valence-electron chi connectivity index (χ2n) is 11.2. The van der Waals surface area contributed by atoms with Gasteiger partial charge in [-0.15, -0.1) is 23.2 Å². The van der Waals surface area contributed by atoms with Gasteiger partial charge in [0.2, 0.25) is 11.8 Å². The van der Waals surface area contributed by atoms with Crippen molar-refractivity contribution < 1.29 is 34.1 Å². The lowest BCUT2D eigenvalue weighted by molar-refractivity contribution is -0.141. The molecule has 1 saturated carbocycles. The zero-order valence-electron chi connectivity index (χ0n) is 22.3. The topological polar surface area (TPSA) is 124 Å². The predicted molar refractivity (Wildman–Crippen MR) is 149 cm³/mol. The van der Waals surface area contributed by atoms with Crippen molar-refractivity contribution in [2.75, 3.05) is 20.7 Å². The van der Waals surface area contributed by atoms with Gasteiger partial charge in [0.15, 0.2) is 21.2 Å². The Balaban J connectivity index is 1.41. The molecule has 2 aromatic carbocycles. The molecule has 6 rings (SSSR count). The average molecular weight is 599 g/mol. The maximum atomic E-state index is 13.9. The first kappa shape index (κ1) is 27.6. The fourth-order valence-electron chi connectivity index (χ4n) is 7.18. The molecule has 6 unspecified atom stereocenters. The monoisotopic (exact) mass is 598 g/mol. The summed E-state index contributed by atoms with van der Waals surface area (Å²) in [5, 5.41) is 19.8. The molecule has 0 bridgehead atoms. The number of fused-ring (bicyclic) bond motifs is 4. The van der Waals surface area contributed by atoms with Gasteiger partial charge in [-0.2, -0.15) is 0 Å². The highest BCUT2D eigenvalue weighted by Gasteiger charge is 2.75. The molecule has 3 fully saturated rings. The van der Waals surface area contributed by atoms with Gasteiger partial charge in [0, 0.05) is 19.5 Å². The number of phenolic OH excluding ortho intramolecular Hbond substituents is 2. The van der Waals surface area contributed by atoms with Gasteiger partial charge in [0.1, 0.15) is 5.75 Å². The summed E-state index contributed by atoms with van der Waals surface area (Å²) in [7, 11) is 2.73. The molecule has 41 heavy (non-hydrogen) atoms. The van der Waals surface area contributed by atoms with Crippen LogP contribution in [0.5, 0.6) is 17.2 Å². The molecule has 0 aromatic heterocycles. The van der Waals surface area contributed by atoms with E-state index in [1.807, 2.05) is 6.08 Å². The van der Waals surface area contributed by atoms with Crippen molar-refractivity contribution in [2.45, 2.75) is 34.9 Å². The number of aromatic hydroxyl groups is 2. The lowest BCUT2D eigenvalue weighted by atomic mass is 9.56. The van der Waals surface area contributed by atoms with Gasteiger partial charge in [0.05, 0.1) is 18.9 Å². The number of alkyl halides is 2. The van der Waals surface area contributed by atoms with Crippen molar-refractivity contribution >= 4 is 46.8 Å². The summed E-state index contributed by atoms with van der Waals surface area (Å²) in [5.41, 5.74) is 2.02. The lowest BCUT2D eigenvalue weighted by Crippen LogP contribution is -2.60. The first-order valence-corrected chi connectivity index (χ1v) is 14.1. The summed E-state index contributed by atoms with van der Waals surface area (Å²) in [6, 6.07) is 11.1. The molecular formula is C30H28Cl2N2O7. The summed E-state index contributed by atoms with van der Waals surface area (Å²) in [5.74, 6) is -4.72. The maximum Gasteiger partial charge on any atom is 0.253 e. The van der Waals surface area contributed by atoms with Crippen LogP contribution in [0, 0.1) is 17.8 Å². The van der Waals surface area contributed by atoms with Crippen molar-refractivity contribution in [1.29, 1.82) is 0 Å². The number of ether oxygens (including phenoxy) is 1. The fourth-order valence-corrected chi connectivity index (χ4v) is 8.20. The Morgan fingerprint density at radius 3 is 2.37 bits per heavy atom. The second-order valence-corrected chi connectivity index (χ2v) is 12.4. The van der Waals surface area contributed by atoms with Crippen molar-refractivity contribution in [3.8, 4) is 17.2 Å². The van der Waals surface area contributed by atoms with Crippen LogP contribution in [0.4, 0.5) is 0 Å². The average Bonchev–Trinajstić information content (AvgIpc) is 3.27. The van der Waals surface area contributed by atoms with E-state index in [0.717, 1.165) is 10.5 Å². The van der Waals surface area contributed by atoms with E-state index in [1.165, 1.54) is 25.1 Å². The van der Waals surface area contributed by atoms with Gasteiger partial charge >= 0.3 is 0 Å².